The molecule has 0 spiro atoms. The van der Waals surface area contributed by atoms with Gasteiger partial charge in [-0.25, -0.2) is 13.1 Å². The third-order valence-electron chi connectivity index (χ3n) is 3.93. The van der Waals surface area contributed by atoms with Crippen LogP contribution in [0.2, 0.25) is 0 Å². The molecule has 0 fully saturated rings. The second-order valence-corrected chi connectivity index (χ2v) is 7.40. The van der Waals surface area contributed by atoms with E-state index < -0.39 is 10.0 Å². The lowest BCUT2D eigenvalue weighted by molar-refractivity contribution is 0.374. The molecule has 0 radical (unpaired) electrons. The van der Waals surface area contributed by atoms with E-state index >= 15 is 0 Å². The molecule has 0 aliphatic carbocycles. The quantitative estimate of drug-likeness (QED) is 0.662. The SMILES string of the molecule is COc1ccc(S(=O)(=O)NCc2nc(-c3ccccc3C)no2)c(OC)c1. The molecule has 0 atom stereocenters. The first-order chi connectivity index (χ1) is 12.9. The van der Waals surface area contributed by atoms with Crippen LogP contribution in [0.3, 0.4) is 0 Å². The number of hydrogen-bond acceptors (Lipinski definition) is 7. The summed E-state index contributed by atoms with van der Waals surface area (Å²) >= 11 is 0. The zero-order chi connectivity index (χ0) is 19.4. The van der Waals surface area contributed by atoms with Gasteiger partial charge in [-0.3, -0.25) is 0 Å². The summed E-state index contributed by atoms with van der Waals surface area (Å²) in [6, 6.07) is 12.0. The number of aryl methyl sites for hydroxylation is 1. The Morgan fingerprint density at radius 2 is 1.89 bits per heavy atom. The van der Waals surface area contributed by atoms with Gasteiger partial charge in [-0.1, -0.05) is 29.4 Å². The highest BCUT2D eigenvalue weighted by molar-refractivity contribution is 7.89. The Bertz CT molecular complexity index is 1050. The van der Waals surface area contributed by atoms with Gasteiger partial charge in [0.2, 0.25) is 21.7 Å². The van der Waals surface area contributed by atoms with Crippen LogP contribution >= 0.6 is 0 Å². The smallest absolute Gasteiger partial charge is 0.244 e. The van der Waals surface area contributed by atoms with Crippen molar-refractivity contribution in [2.75, 3.05) is 14.2 Å². The standard InChI is InChI=1S/C18H19N3O5S/c1-12-6-4-5-7-14(12)18-20-17(26-21-18)11-19-27(22,23)16-9-8-13(24-2)10-15(16)25-3/h4-10,19H,11H2,1-3H3. The molecular weight excluding hydrogens is 370 g/mol. The summed E-state index contributed by atoms with van der Waals surface area (Å²) in [5.74, 6) is 1.23. The maximum atomic E-state index is 12.6. The topological polar surface area (TPSA) is 104 Å². The second kappa shape index (κ2) is 7.77. The van der Waals surface area contributed by atoms with E-state index in [0.29, 0.717) is 11.6 Å². The van der Waals surface area contributed by atoms with Gasteiger partial charge in [-0.2, -0.15) is 4.98 Å². The van der Waals surface area contributed by atoms with Gasteiger partial charge in [-0.15, -0.1) is 0 Å². The van der Waals surface area contributed by atoms with Crippen LogP contribution in [0.1, 0.15) is 11.5 Å². The van der Waals surface area contributed by atoms with Crippen molar-refractivity contribution in [2.45, 2.75) is 18.4 Å². The van der Waals surface area contributed by atoms with Crippen LogP contribution in [0.15, 0.2) is 51.9 Å². The van der Waals surface area contributed by atoms with Crippen LogP contribution in [0.4, 0.5) is 0 Å². The Labute approximate surface area is 157 Å². The minimum Gasteiger partial charge on any atom is -0.497 e. The fourth-order valence-corrected chi connectivity index (χ4v) is 3.61. The fraction of sp³-hybridized carbons (Fsp3) is 0.222. The lowest BCUT2D eigenvalue weighted by Crippen LogP contribution is -2.24. The Balaban J connectivity index is 1.78. The van der Waals surface area contributed by atoms with Gasteiger partial charge < -0.3 is 14.0 Å². The highest BCUT2D eigenvalue weighted by Crippen LogP contribution is 2.28. The second-order valence-electron chi connectivity index (χ2n) is 5.67. The van der Waals surface area contributed by atoms with Crippen LogP contribution in [-0.2, 0) is 16.6 Å². The molecule has 0 aliphatic rings. The molecule has 1 aromatic heterocycles. The molecule has 0 aliphatic heterocycles. The molecule has 0 saturated heterocycles. The molecule has 0 amide bonds. The minimum absolute atomic E-state index is 0.00978. The Morgan fingerprint density at radius 3 is 2.59 bits per heavy atom. The first-order valence-electron chi connectivity index (χ1n) is 8.05. The van der Waals surface area contributed by atoms with Gasteiger partial charge in [0.25, 0.3) is 0 Å². The fourth-order valence-electron chi connectivity index (χ4n) is 2.49. The number of benzene rings is 2. The van der Waals surface area contributed by atoms with Gasteiger partial charge >= 0.3 is 0 Å². The van der Waals surface area contributed by atoms with Crippen molar-refractivity contribution in [1.29, 1.82) is 0 Å². The molecule has 9 heteroatoms. The van der Waals surface area contributed by atoms with E-state index in [1.807, 2.05) is 31.2 Å². The van der Waals surface area contributed by atoms with Crippen molar-refractivity contribution in [3.63, 3.8) is 0 Å². The molecule has 3 aromatic rings. The summed E-state index contributed by atoms with van der Waals surface area (Å²) in [6.45, 7) is 1.79. The van der Waals surface area contributed by atoms with E-state index in [9.17, 15) is 8.42 Å². The number of nitrogens with one attached hydrogen (secondary N) is 1. The largest absolute Gasteiger partial charge is 0.497 e. The van der Waals surface area contributed by atoms with Crippen molar-refractivity contribution in [2.24, 2.45) is 0 Å². The number of nitrogens with zero attached hydrogens (tertiary/aromatic N) is 2. The molecule has 8 nitrogen and oxygen atoms in total. The van der Waals surface area contributed by atoms with E-state index in [0.717, 1.165) is 11.1 Å². The van der Waals surface area contributed by atoms with Crippen molar-refractivity contribution in [3.05, 3.63) is 53.9 Å². The van der Waals surface area contributed by atoms with Crippen molar-refractivity contribution in [3.8, 4) is 22.9 Å². The van der Waals surface area contributed by atoms with E-state index in [2.05, 4.69) is 14.9 Å². The van der Waals surface area contributed by atoms with Crippen LogP contribution in [0, 0.1) is 6.92 Å². The van der Waals surface area contributed by atoms with E-state index in [1.54, 1.807) is 6.07 Å². The average Bonchev–Trinajstić information content (AvgIpc) is 3.15. The van der Waals surface area contributed by atoms with Crippen molar-refractivity contribution in [1.82, 2.24) is 14.9 Å². The number of ether oxygens (including phenoxy) is 2. The molecule has 1 heterocycles. The zero-order valence-electron chi connectivity index (χ0n) is 15.1. The lowest BCUT2D eigenvalue weighted by Gasteiger charge is -2.11. The summed E-state index contributed by atoms with van der Waals surface area (Å²) in [4.78, 5) is 4.24. The van der Waals surface area contributed by atoms with E-state index in [4.69, 9.17) is 14.0 Å². The number of methoxy groups -OCH3 is 2. The summed E-state index contributed by atoms with van der Waals surface area (Å²) < 4.78 is 43.0. The highest BCUT2D eigenvalue weighted by atomic mass is 32.2. The van der Waals surface area contributed by atoms with Gasteiger partial charge in [-0.05, 0) is 24.6 Å². The van der Waals surface area contributed by atoms with Gasteiger partial charge in [0.05, 0.1) is 20.8 Å². The van der Waals surface area contributed by atoms with E-state index in [-0.39, 0.29) is 23.1 Å². The number of rotatable bonds is 7. The van der Waals surface area contributed by atoms with Crippen molar-refractivity contribution < 1.29 is 22.4 Å². The molecule has 3 rings (SSSR count). The molecule has 1 N–H and O–H groups in total. The third-order valence-corrected chi connectivity index (χ3v) is 5.37. The van der Waals surface area contributed by atoms with Crippen LogP contribution in [-0.4, -0.2) is 32.8 Å². The van der Waals surface area contributed by atoms with Gasteiger partial charge in [0.1, 0.15) is 16.4 Å². The maximum Gasteiger partial charge on any atom is 0.244 e. The number of aromatic nitrogens is 2. The molecule has 0 unspecified atom stereocenters. The first kappa shape index (κ1) is 18.9. The van der Waals surface area contributed by atoms with Gasteiger partial charge in [0.15, 0.2) is 0 Å². The monoisotopic (exact) mass is 389 g/mol. The summed E-state index contributed by atoms with van der Waals surface area (Å²) in [5, 5.41) is 3.91. The predicted molar refractivity (Wildman–Crippen MR) is 98.0 cm³/mol. The van der Waals surface area contributed by atoms with E-state index in [1.165, 1.54) is 26.4 Å². The molecule has 0 saturated carbocycles. The Kier molecular flexibility index (Phi) is 5.43. The average molecular weight is 389 g/mol. The normalized spacial score (nSPS) is 11.4. The molecule has 27 heavy (non-hydrogen) atoms. The van der Waals surface area contributed by atoms with Gasteiger partial charge in [0, 0.05) is 11.6 Å². The minimum atomic E-state index is -3.85. The maximum absolute atomic E-state index is 12.6. The molecule has 0 bridgehead atoms. The third kappa shape index (κ3) is 4.09. The predicted octanol–water partition coefficient (Wildman–Crippen LogP) is 2.54. The molecule has 142 valence electrons. The van der Waals surface area contributed by atoms with Crippen LogP contribution in [0.5, 0.6) is 11.5 Å². The summed E-state index contributed by atoms with van der Waals surface area (Å²) in [6.07, 6.45) is 0. The molecule has 2 aromatic carbocycles. The highest BCUT2D eigenvalue weighted by Gasteiger charge is 2.21. The van der Waals surface area contributed by atoms with Crippen molar-refractivity contribution >= 4 is 10.0 Å². The van der Waals surface area contributed by atoms with Crippen LogP contribution < -0.4 is 14.2 Å². The Hall–Kier alpha value is -2.91. The summed E-state index contributed by atoms with van der Waals surface area (Å²) in [7, 11) is -0.970. The Morgan fingerprint density at radius 1 is 1.11 bits per heavy atom. The first-order valence-corrected chi connectivity index (χ1v) is 9.53. The molecular formula is C18H19N3O5S. The van der Waals surface area contributed by atoms with Crippen LogP contribution in [0.25, 0.3) is 11.4 Å². The zero-order valence-corrected chi connectivity index (χ0v) is 15.9. The summed E-state index contributed by atoms with van der Waals surface area (Å²) in [5.41, 5.74) is 1.82. The number of hydrogen-bond donors (Lipinski definition) is 1. The number of sulfonamides is 1. The lowest BCUT2D eigenvalue weighted by atomic mass is 10.1.